The number of aromatic hydroxyl groups is 1. The van der Waals surface area contributed by atoms with E-state index in [0.717, 1.165) is 18.4 Å². The number of para-hydroxylation sites is 1. The van der Waals surface area contributed by atoms with Gasteiger partial charge in [0.05, 0.1) is 5.69 Å². The van der Waals surface area contributed by atoms with E-state index < -0.39 is 6.10 Å². The Morgan fingerprint density at radius 2 is 2.25 bits per heavy atom. The molecule has 1 aromatic carbocycles. The molecule has 0 fully saturated rings. The summed E-state index contributed by atoms with van der Waals surface area (Å²) < 4.78 is 0. The number of carbonyl (C=O) groups excluding carboxylic acids is 1. The smallest absolute Gasteiger partial charge is 0.255 e. The van der Waals surface area contributed by atoms with E-state index in [4.69, 9.17) is 0 Å². The van der Waals surface area contributed by atoms with Crippen molar-refractivity contribution in [2.75, 3.05) is 11.4 Å². The van der Waals surface area contributed by atoms with Crippen molar-refractivity contribution in [1.82, 2.24) is 0 Å². The molecule has 0 bridgehead atoms. The minimum Gasteiger partial charge on any atom is -0.506 e. The number of nitrogens with zero attached hydrogens (tertiary/aromatic N) is 1. The summed E-state index contributed by atoms with van der Waals surface area (Å²) in [6, 6.07) is 5.23. The molecule has 0 saturated carbocycles. The lowest BCUT2D eigenvalue weighted by molar-refractivity contribution is -0.125. The van der Waals surface area contributed by atoms with E-state index in [1.165, 1.54) is 11.8 Å². The van der Waals surface area contributed by atoms with Gasteiger partial charge in [-0.15, -0.1) is 0 Å². The van der Waals surface area contributed by atoms with Crippen molar-refractivity contribution >= 4 is 11.6 Å². The van der Waals surface area contributed by atoms with Gasteiger partial charge in [-0.1, -0.05) is 12.1 Å². The second kappa shape index (κ2) is 4.14. The summed E-state index contributed by atoms with van der Waals surface area (Å²) >= 11 is 0. The fraction of sp³-hybridized carbons (Fsp3) is 0.417. The van der Waals surface area contributed by atoms with Crippen molar-refractivity contribution < 1.29 is 15.0 Å². The monoisotopic (exact) mass is 221 g/mol. The van der Waals surface area contributed by atoms with Crippen LogP contribution < -0.4 is 4.90 Å². The van der Waals surface area contributed by atoms with Crippen molar-refractivity contribution in [1.29, 1.82) is 0 Å². The molecule has 1 heterocycles. The Hall–Kier alpha value is -1.55. The second-order valence-corrected chi connectivity index (χ2v) is 4.05. The fourth-order valence-electron chi connectivity index (χ4n) is 2.08. The van der Waals surface area contributed by atoms with E-state index in [1.54, 1.807) is 12.1 Å². The summed E-state index contributed by atoms with van der Waals surface area (Å²) in [5.74, 6) is -0.256. The van der Waals surface area contributed by atoms with Crippen LogP contribution in [0.15, 0.2) is 18.2 Å². The van der Waals surface area contributed by atoms with Crippen molar-refractivity contribution in [2.45, 2.75) is 25.9 Å². The number of fused-ring (bicyclic) bond motifs is 1. The van der Waals surface area contributed by atoms with Crippen molar-refractivity contribution in [2.24, 2.45) is 0 Å². The molecule has 1 aromatic rings. The summed E-state index contributed by atoms with van der Waals surface area (Å²) in [7, 11) is 0. The van der Waals surface area contributed by atoms with Gasteiger partial charge < -0.3 is 15.1 Å². The highest BCUT2D eigenvalue weighted by atomic mass is 16.3. The Balaban J connectivity index is 2.43. The largest absolute Gasteiger partial charge is 0.506 e. The average molecular weight is 221 g/mol. The molecule has 1 amide bonds. The number of hydrogen-bond acceptors (Lipinski definition) is 3. The maximum atomic E-state index is 11.8. The molecular formula is C12H15NO3. The standard InChI is InChI=1S/C12H15NO3/c1-8(14)12(16)13-7-3-5-9-4-2-6-10(15)11(9)13/h2,4,6,8,14-15H,3,5,7H2,1H3. The molecule has 1 atom stereocenters. The molecule has 16 heavy (non-hydrogen) atoms. The number of phenolic OH excluding ortho intramolecular Hbond substituents is 1. The van der Waals surface area contributed by atoms with E-state index in [-0.39, 0.29) is 11.7 Å². The molecule has 0 aliphatic carbocycles. The SMILES string of the molecule is CC(O)C(=O)N1CCCc2cccc(O)c21. The lowest BCUT2D eigenvalue weighted by Crippen LogP contribution is -2.41. The number of hydrogen-bond donors (Lipinski definition) is 2. The third-order valence-electron chi connectivity index (χ3n) is 2.82. The molecule has 0 aromatic heterocycles. The lowest BCUT2D eigenvalue weighted by atomic mass is 10.0. The van der Waals surface area contributed by atoms with Crippen LogP contribution in [-0.2, 0) is 11.2 Å². The highest BCUT2D eigenvalue weighted by molar-refractivity contribution is 5.98. The van der Waals surface area contributed by atoms with Crippen LogP contribution in [0.1, 0.15) is 18.9 Å². The van der Waals surface area contributed by atoms with Crippen LogP contribution in [0.2, 0.25) is 0 Å². The summed E-state index contributed by atoms with van der Waals surface area (Å²) in [5.41, 5.74) is 1.51. The van der Waals surface area contributed by atoms with Crippen LogP contribution in [0.25, 0.3) is 0 Å². The molecule has 2 rings (SSSR count). The first-order valence-electron chi connectivity index (χ1n) is 5.41. The number of aliphatic hydroxyl groups excluding tert-OH is 1. The van der Waals surface area contributed by atoms with E-state index in [9.17, 15) is 15.0 Å². The molecule has 0 spiro atoms. The Labute approximate surface area is 94.1 Å². The van der Waals surface area contributed by atoms with Crippen LogP contribution >= 0.6 is 0 Å². The summed E-state index contributed by atoms with van der Waals surface area (Å²) in [6.45, 7) is 1.99. The molecule has 2 N–H and O–H groups in total. The van der Waals surface area contributed by atoms with Gasteiger partial charge in [0.1, 0.15) is 11.9 Å². The number of anilines is 1. The number of phenols is 1. The summed E-state index contributed by atoms with van der Waals surface area (Å²) in [6.07, 6.45) is 0.674. The van der Waals surface area contributed by atoms with Gasteiger partial charge in [-0.2, -0.15) is 0 Å². The molecule has 0 saturated heterocycles. The number of aryl methyl sites for hydroxylation is 1. The number of rotatable bonds is 1. The summed E-state index contributed by atoms with van der Waals surface area (Å²) in [4.78, 5) is 13.2. The van der Waals surface area contributed by atoms with E-state index in [1.807, 2.05) is 6.07 Å². The zero-order valence-corrected chi connectivity index (χ0v) is 9.18. The Morgan fingerprint density at radius 1 is 1.50 bits per heavy atom. The molecule has 1 aliphatic heterocycles. The highest BCUT2D eigenvalue weighted by Gasteiger charge is 2.27. The van der Waals surface area contributed by atoms with Gasteiger partial charge in [0.2, 0.25) is 0 Å². The van der Waals surface area contributed by atoms with Gasteiger partial charge >= 0.3 is 0 Å². The maximum absolute atomic E-state index is 11.8. The summed E-state index contributed by atoms with van der Waals surface area (Å²) in [5, 5.41) is 19.1. The van der Waals surface area contributed by atoms with Gasteiger partial charge in [0.15, 0.2) is 0 Å². The number of aliphatic hydroxyl groups is 1. The third-order valence-corrected chi connectivity index (χ3v) is 2.82. The predicted molar refractivity (Wildman–Crippen MR) is 60.5 cm³/mol. The van der Waals surface area contributed by atoms with E-state index in [2.05, 4.69) is 0 Å². The van der Waals surface area contributed by atoms with Crippen LogP contribution in [0.5, 0.6) is 5.75 Å². The number of carbonyl (C=O) groups is 1. The van der Waals surface area contributed by atoms with E-state index >= 15 is 0 Å². The first-order valence-corrected chi connectivity index (χ1v) is 5.41. The van der Waals surface area contributed by atoms with Gasteiger partial charge in [0, 0.05) is 6.54 Å². The first-order chi connectivity index (χ1) is 7.61. The van der Waals surface area contributed by atoms with Crippen LogP contribution in [0.4, 0.5) is 5.69 Å². The van der Waals surface area contributed by atoms with Gasteiger partial charge in [-0.3, -0.25) is 4.79 Å². The van der Waals surface area contributed by atoms with Gasteiger partial charge in [-0.05, 0) is 31.4 Å². The molecule has 1 unspecified atom stereocenters. The molecule has 86 valence electrons. The molecular weight excluding hydrogens is 206 g/mol. The van der Waals surface area contributed by atoms with Crippen molar-refractivity contribution in [3.8, 4) is 5.75 Å². The van der Waals surface area contributed by atoms with E-state index in [0.29, 0.717) is 12.2 Å². The Morgan fingerprint density at radius 3 is 2.94 bits per heavy atom. The Bertz CT molecular complexity index is 415. The quantitative estimate of drug-likeness (QED) is 0.745. The zero-order chi connectivity index (χ0) is 11.7. The van der Waals surface area contributed by atoms with Crippen molar-refractivity contribution in [3.05, 3.63) is 23.8 Å². The average Bonchev–Trinajstić information content (AvgIpc) is 2.27. The normalized spacial score (nSPS) is 16.8. The zero-order valence-electron chi connectivity index (χ0n) is 9.18. The fourth-order valence-corrected chi connectivity index (χ4v) is 2.08. The Kier molecular flexibility index (Phi) is 2.83. The second-order valence-electron chi connectivity index (χ2n) is 4.05. The molecule has 4 nitrogen and oxygen atoms in total. The molecule has 4 heteroatoms. The third kappa shape index (κ3) is 1.76. The van der Waals surface area contributed by atoms with Crippen molar-refractivity contribution in [3.63, 3.8) is 0 Å². The minimum absolute atomic E-state index is 0.103. The lowest BCUT2D eigenvalue weighted by Gasteiger charge is -2.30. The van der Waals surface area contributed by atoms with Crippen LogP contribution in [0.3, 0.4) is 0 Å². The van der Waals surface area contributed by atoms with Gasteiger partial charge in [-0.25, -0.2) is 0 Å². The van der Waals surface area contributed by atoms with Gasteiger partial charge in [0.25, 0.3) is 5.91 Å². The van der Waals surface area contributed by atoms with Crippen LogP contribution in [0, 0.1) is 0 Å². The first kappa shape index (κ1) is 11.0. The predicted octanol–water partition coefficient (Wildman–Crippen LogP) is 1.05. The number of benzene rings is 1. The molecule has 1 aliphatic rings. The van der Waals surface area contributed by atoms with Crippen LogP contribution in [-0.4, -0.2) is 28.8 Å². The maximum Gasteiger partial charge on any atom is 0.255 e. The minimum atomic E-state index is -1.04. The number of amides is 1. The molecule has 0 radical (unpaired) electrons. The topological polar surface area (TPSA) is 60.8 Å². The highest BCUT2D eigenvalue weighted by Crippen LogP contribution is 2.35.